The van der Waals surface area contributed by atoms with E-state index in [1.54, 1.807) is 0 Å². The molecular weight excluding hydrogens is 256 g/mol. The fraction of sp³-hybridized carbons (Fsp3) is 0.368. The molecule has 21 heavy (non-hydrogen) atoms. The largest absolute Gasteiger partial charge is 0.398 e. The standard InChI is InChI=1S/C19H24N2/c1-5-12-10(3)13(6-2)17-16-14(12)8-7-9-15(16)18(20)11(4)19(17)21/h7-9,18H,5-6,20-21H2,1-4H3. The summed E-state index contributed by atoms with van der Waals surface area (Å²) < 4.78 is 0. The van der Waals surface area contributed by atoms with E-state index < -0.39 is 0 Å². The number of aryl methyl sites for hydroxylation is 1. The predicted molar refractivity (Wildman–Crippen MR) is 91.2 cm³/mol. The van der Waals surface area contributed by atoms with Gasteiger partial charge in [0.15, 0.2) is 0 Å². The zero-order valence-corrected chi connectivity index (χ0v) is 13.4. The second-order valence-corrected chi connectivity index (χ2v) is 6.01. The molecule has 2 nitrogen and oxygen atoms in total. The monoisotopic (exact) mass is 280 g/mol. The summed E-state index contributed by atoms with van der Waals surface area (Å²) in [7, 11) is 0. The van der Waals surface area contributed by atoms with E-state index in [0.717, 1.165) is 24.1 Å². The van der Waals surface area contributed by atoms with E-state index >= 15 is 0 Å². The minimum atomic E-state index is -0.0849. The first-order valence-corrected chi connectivity index (χ1v) is 7.81. The van der Waals surface area contributed by atoms with Crippen LogP contribution in [0.1, 0.15) is 54.6 Å². The van der Waals surface area contributed by atoms with E-state index in [1.807, 2.05) is 0 Å². The maximum absolute atomic E-state index is 6.48. The molecular formula is C19H24N2. The van der Waals surface area contributed by atoms with Gasteiger partial charge in [0.1, 0.15) is 0 Å². The molecule has 1 aliphatic carbocycles. The molecule has 1 unspecified atom stereocenters. The zero-order chi connectivity index (χ0) is 15.3. The number of benzene rings is 2. The lowest BCUT2D eigenvalue weighted by Crippen LogP contribution is -2.22. The van der Waals surface area contributed by atoms with Crippen molar-refractivity contribution in [1.29, 1.82) is 0 Å². The molecule has 0 fully saturated rings. The summed E-state index contributed by atoms with van der Waals surface area (Å²) >= 11 is 0. The number of nitrogens with two attached hydrogens (primary N) is 2. The fourth-order valence-electron chi connectivity index (χ4n) is 3.88. The normalized spacial score (nSPS) is 17.7. The van der Waals surface area contributed by atoms with Crippen LogP contribution in [0.5, 0.6) is 0 Å². The van der Waals surface area contributed by atoms with E-state index in [-0.39, 0.29) is 6.04 Å². The van der Waals surface area contributed by atoms with Gasteiger partial charge in [-0.1, -0.05) is 32.0 Å². The summed E-state index contributed by atoms with van der Waals surface area (Å²) in [6.45, 7) is 8.73. The third-order valence-corrected chi connectivity index (χ3v) is 5.08. The Morgan fingerprint density at radius 3 is 2.33 bits per heavy atom. The van der Waals surface area contributed by atoms with Gasteiger partial charge in [-0.15, -0.1) is 0 Å². The highest BCUT2D eigenvalue weighted by atomic mass is 14.7. The van der Waals surface area contributed by atoms with Crippen LogP contribution in [0, 0.1) is 6.92 Å². The van der Waals surface area contributed by atoms with Crippen molar-refractivity contribution in [2.75, 3.05) is 0 Å². The Kier molecular flexibility index (Phi) is 3.29. The lowest BCUT2D eigenvalue weighted by Gasteiger charge is -2.29. The minimum absolute atomic E-state index is 0.0849. The first kappa shape index (κ1) is 14.2. The van der Waals surface area contributed by atoms with Crippen LogP contribution in [0.15, 0.2) is 23.8 Å². The quantitative estimate of drug-likeness (QED) is 0.874. The van der Waals surface area contributed by atoms with Crippen LogP contribution in [-0.4, -0.2) is 0 Å². The molecule has 0 aliphatic heterocycles. The lowest BCUT2D eigenvalue weighted by molar-refractivity contribution is 0.845. The van der Waals surface area contributed by atoms with Crippen molar-refractivity contribution in [2.45, 2.75) is 46.6 Å². The van der Waals surface area contributed by atoms with Crippen LogP contribution in [0.25, 0.3) is 16.5 Å². The highest BCUT2D eigenvalue weighted by Gasteiger charge is 2.27. The van der Waals surface area contributed by atoms with Crippen molar-refractivity contribution in [2.24, 2.45) is 11.5 Å². The molecule has 2 aromatic carbocycles. The highest BCUT2D eigenvalue weighted by Crippen LogP contribution is 2.43. The SMILES string of the molecule is CCc1c(C)c(CC)c2cccc3c2c1C(N)=C(C)C3N. The van der Waals surface area contributed by atoms with Gasteiger partial charge in [0.2, 0.25) is 0 Å². The maximum atomic E-state index is 6.48. The van der Waals surface area contributed by atoms with Gasteiger partial charge in [0.05, 0.1) is 6.04 Å². The highest BCUT2D eigenvalue weighted by molar-refractivity contribution is 6.02. The molecule has 4 N–H and O–H groups in total. The molecule has 0 amide bonds. The smallest absolute Gasteiger partial charge is 0.0537 e. The number of hydrogen-bond acceptors (Lipinski definition) is 2. The van der Waals surface area contributed by atoms with Crippen molar-refractivity contribution in [1.82, 2.24) is 0 Å². The van der Waals surface area contributed by atoms with Crippen LogP contribution >= 0.6 is 0 Å². The van der Waals surface area contributed by atoms with Crippen LogP contribution < -0.4 is 11.5 Å². The number of rotatable bonds is 2. The zero-order valence-electron chi connectivity index (χ0n) is 13.4. The van der Waals surface area contributed by atoms with Gasteiger partial charge in [-0.3, -0.25) is 0 Å². The first-order chi connectivity index (χ1) is 10.0. The molecule has 0 spiro atoms. The second kappa shape index (κ2) is 4.88. The Morgan fingerprint density at radius 1 is 1.05 bits per heavy atom. The minimum Gasteiger partial charge on any atom is -0.398 e. The van der Waals surface area contributed by atoms with Gasteiger partial charge < -0.3 is 11.5 Å². The second-order valence-electron chi connectivity index (χ2n) is 6.01. The lowest BCUT2D eigenvalue weighted by atomic mass is 9.78. The van der Waals surface area contributed by atoms with E-state index in [2.05, 4.69) is 45.9 Å². The third kappa shape index (κ3) is 1.75. The summed E-state index contributed by atoms with van der Waals surface area (Å²) in [4.78, 5) is 0. The summed E-state index contributed by atoms with van der Waals surface area (Å²) in [5.41, 5.74) is 21.5. The van der Waals surface area contributed by atoms with Gasteiger partial charge in [-0.05, 0) is 65.3 Å². The molecule has 0 saturated carbocycles. The predicted octanol–water partition coefficient (Wildman–Crippen LogP) is 3.98. The molecule has 0 heterocycles. The van der Waals surface area contributed by atoms with Gasteiger partial charge >= 0.3 is 0 Å². The first-order valence-electron chi connectivity index (χ1n) is 7.81. The topological polar surface area (TPSA) is 52.0 Å². The molecule has 0 aromatic heterocycles. The van der Waals surface area contributed by atoms with Gasteiger partial charge in [0, 0.05) is 11.3 Å². The molecule has 1 aliphatic rings. The van der Waals surface area contributed by atoms with Crippen molar-refractivity contribution in [3.63, 3.8) is 0 Å². The fourth-order valence-corrected chi connectivity index (χ4v) is 3.88. The van der Waals surface area contributed by atoms with E-state index in [0.29, 0.717) is 0 Å². The van der Waals surface area contributed by atoms with Gasteiger partial charge in [-0.2, -0.15) is 0 Å². The van der Waals surface area contributed by atoms with Crippen molar-refractivity contribution >= 4 is 16.5 Å². The molecule has 1 atom stereocenters. The van der Waals surface area contributed by atoms with Gasteiger partial charge in [-0.25, -0.2) is 0 Å². The van der Waals surface area contributed by atoms with Crippen LogP contribution in [-0.2, 0) is 12.8 Å². The Labute approximate surface area is 126 Å². The Balaban J connectivity index is 2.60. The van der Waals surface area contributed by atoms with Gasteiger partial charge in [0.25, 0.3) is 0 Å². The molecule has 3 rings (SSSR count). The Bertz CT molecular complexity index is 769. The van der Waals surface area contributed by atoms with E-state index in [4.69, 9.17) is 11.5 Å². The third-order valence-electron chi connectivity index (χ3n) is 5.08. The van der Waals surface area contributed by atoms with E-state index in [1.165, 1.54) is 38.6 Å². The summed E-state index contributed by atoms with van der Waals surface area (Å²) in [6.07, 6.45) is 2.04. The van der Waals surface area contributed by atoms with Crippen LogP contribution in [0.3, 0.4) is 0 Å². The van der Waals surface area contributed by atoms with Crippen molar-refractivity contribution < 1.29 is 0 Å². The molecule has 2 aromatic rings. The Morgan fingerprint density at radius 2 is 1.71 bits per heavy atom. The average Bonchev–Trinajstić information content (AvgIpc) is 2.49. The van der Waals surface area contributed by atoms with Crippen molar-refractivity contribution in [3.05, 3.63) is 51.6 Å². The average molecular weight is 280 g/mol. The molecule has 0 radical (unpaired) electrons. The molecule has 110 valence electrons. The van der Waals surface area contributed by atoms with Crippen molar-refractivity contribution in [3.8, 4) is 0 Å². The van der Waals surface area contributed by atoms with Crippen LogP contribution in [0.4, 0.5) is 0 Å². The molecule has 2 heteroatoms. The number of hydrogen-bond donors (Lipinski definition) is 2. The van der Waals surface area contributed by atoms with E-state index in [9.17, 15) is 0 Å². The van der Waals surface area contributed by atoms with Crippen LogP contribution in [0.2, 0.25) is 0 Å². The Hall–Kier alpha value is -1.80. The molecule has 0 saturated heterocycles. The summed E-state index contributed by atoms with van der Waals surface area (Å²) in [5, 5.41) is 2.61. The summed E-state index contributed by atoms with van der Waals surface area (Å²) in [5.74, 6) is 0. The molecule has 0 bridgehead atoms. The summed E-state index contributed by atoms with van der Waals surface area (Å²) in [6, 6.07) is 6.41. The maximum Gasteiger partial charge on any atom is 0.0537 e.